The van der Waals surface area contributed by atoms with Crippen LogP contribution in [0.2, 0.25) is 0 Å². The molecule has 2 atom stereocenters. The van der Waals surface area contributed by atoms with Crippen LogP contribution >= 0.6 is 0 Å². The number of nitrogens with one attached hydrogen (secondary N) is 1. The number of hydrogen-bond acceptors (Lipinski definition) is 7. The van der Waals surface area contributed by atoms with Crippen LogP contribution < -0.4 is 33.9 Å². The van der Waals surface area contributed by atoms with Crippen molar-refractivity contribution in [3.63, 3.8) is 0 Å². The fourth-order valence-electron chi connectivity index (χ4n) is 3.89. The van der Waals surface area contributed by atoms with Gasteiger partial charge < -0.3 is 33.9 Å². The number of benzene rings is 2. The molecule has 1 aliphatic rings. The largest absolute Gasteiger partial charge is 0.497 e. The van der Waals surface area contributed by atoms with Crippen LogP contribution in [0.3, 0.4) is 0 Å². The van der Waals surface area contributed by atoms with Gasteiger partial charge in [-0.15, -0.1) is 0 Å². The van der Waals surface area contributed by atoms with E-state index in [1.54, 1.807) is 42.3 Å². The molecule has 3 rings (SSSR count). The second-order valence-electron chi connectivity index (χ2n) is 7.63. The Morgan fingerprint density at radius 2 is 1.58 bits per heavy atom. The molecule has 1 N–H and O–H groups in total. The quantitative estimate of drug-likeness (QED) is 0.617. The van der Waals surface area contributed by atoms with Crippen LogP contribution in [0.15, 0.2) is 30.3 Å². The molecule has 2 amide bonds. The van der Waals surface area contributed by atoms with Gasteiger partial charge in [-0.1, -0.05) is 0 Å². The van der Waals surface area contributed by atoms with E-state index in [1.165, 1.54) is 28.4 Å². The van der Waals surface area contributed by atoms with E-state index < -0.39 is 5.92 Å². The van der Waals surface area contributed by atoms with Crippen LogP contribution in [0.5, 0.6) is 28.7 Å². The molecule has 2 aromatic rings. The number of methoxy groups -OCH3 is 5. The molecule has 178 valence electrons. The molecule has 0 aliphatic carbocycles. The molecule has 0 saturated carbocycles. The van der Waals surface area contributed by atoms with Crippen molar-refractivity contribution in [1.82, 2.24) is 5.32 Å². The number of carbonyl (C=O) groups excluding carboxylic acids is 2. The molecule has 9 nitrogen and oxygen atoms in total. The monoisotopic (exact) mass is 458 g/mol. The third-order valence-corrected chi connectivity index (χ3v) is 5.72. The number of hydrogen-bond donors (Lipinski definition) is 1. The average molecular weight is 459 g/mol. The van der Waals surface area contributed by atoms with Crippen LogP contribution in [-0.4, -0.2) is 53.9 Å². The van der Waals surface area contributed by atoms with Crippen LogP contribution in [0.25, 0.3) is 0 Å². The van der Waals surface area contributed by atoms with Gasteiger partial charge >= 0.3 is 0 Å². The second-order valence-corrected chi connectivity index (χ2v) is 7.63. The molecule has 0 aromatic heterocycles. The lowest BCUT2D eigenvalue weighted by Crippen LogP contribution is -2.34. The zero-order chi connectivity index (χ0) is 24.1. The summed E-state index contributed by atoms with van der Waals surface area (Å²) in [7, 11) is 7.70. The van der Waals surface area contributed by atoms with Gasteiger partial charge in [0.05, 0.1) is 53.2 Å². The van der Waals surface area contributed by atoms with Crippen molar-refractivity contribution in [2.45, 2.75) is 19.4 Å². The molecule has 1 heterocycles. The van der Waals surface area contributed by atoms with E-state index in [0.29, 0.717) is 34.4 Å². The molecular formula is C24H30N2O7. The first-order chi connectivity index (χ1) is 15.9. The molecule has 33 heavy (non-hydrogen) atoms. The van der Waals surface area contributed by atoms with Gasteiger partial charge in [-0.05, 0) is 36.8 Å². The maximum absolute atomic E-state index is 13.0. The van der Waals surface area contributed by atoms with Gasteiger partial charge in [0.2, 0.25) is 17.6 Å². The van der Waals surface area contributed by atoms with Crippen LogP contribution in [0.4, 0.5) is 5.69 Å². The van der Waals surface area contributed by atoms with Gasteiger partial charge in [-0.2, -0.15) is 0 Å². The topological polar surface area (TPSA) is 95.6 Å². The van der Waals surface area contributed by atoms with Crippen molar-refractivity contribution >= 4 is 17.5 Å². The molecule has 1 aliphatic heterocycles. The summed E-state index contributed by atoms with van der Waals surface area (Å²) in [5.41, 5.74) is 1.40. The van der Waals surface area contributed by atoms with Gasteiger partial charge in [0, 0.05) is 19.0 Å². The fraction of sp³-hybridized carbons (Fsp3) is 0.417. The van der Waals surface area contributed by atoms with Crippen molar-refractivity contribution in [2.24, 2.45) is 5.92 Å². The summed E-state index contributed by atoms with van der Waals surface area (Å²) in [5, 5.41) is 3.00. The van der Waals surface area contributed by atoms with E-state index in [0.717, 1.165) is 5.56 Å². The summed E-state index contributed by atoms with van der Waals surface area (Å²) in [5.74, 6) is 1.77. The summed E-state index contributed by atoms with van der Waals surface area (Å²) in [6, 6.07) is 8.47. The normalized spacial score (nSPS) is 16.2. The summed E-state index contributed by atoms with van der Waals surface area (Å²) in [6.45, 7) is 2.12. The lowest BCUT2D eigenvalue weighted by molar-refractivity contribution is -0.126. The molecule has 1 fully saturated rings. The van der Waals surface area contributed by atoms with E-state index >= 15 is 0 Å². The highest BCUT2D eigenvalue weighted by atomic mass is 16.5. The van der Waals surface area contributed by atoms with E-state index in [1.807, 2.05) is 6.92 Å². The molecule has 9 heteroatoms. The number of ether oxygens (including phenoxy) is 5. The second kappa shape index (κ2) is 10.3. The number of rotatable bonds is 9. The lowest BCUT2D eigenvalue weighted by Gasteiger charge is -2.21. The van der Waals surface area contributed by atoms with Crippen molar-refractivity contribution in [1.29, 1.82) is 0 Å². The summed E-state index contributed by atoms with van der Waals surface area (Å²) in [6.07, 6.45) is 0.114. The molecule has 0 bridgehead atoms. The molecule has 2 unspecified atom stereocenters. The first kappa shape index (κ1) is 24.0. The molecule has 1 saturated heterocycles. The van der Waals surface area contributed by atoms with Crippen molar-refractivity contribution in [3.05, 3.63) is 35.9 Å². The average Bonchev–Trinajstić information content (AvgIpc) is 3.23. The van der Waals surface area contributed by atoms with Crippen LogP contribution in [-0.2, 0) is 9.59 Å². The Kier molecular flexibility index (Phi) is 7.52. The number of nitrogens with zero attached hydrogens (tertiary/aromatic N) is 1. The predicted molar refractivity (Wildman–Crippen MR) is 123 cm³/mol. The smallest absolute Gasteiger partial charge is 0.227 e. The summed E-state index contributed by atoms with van der Waals surface area (Å²) < 4.78 is 26.8. The maximum atomic E-state index is 13.0. The van der Waals surface area contributed by atoms with Crippen LogP contribution in [0, 0.1) is 5.92 Å². The van der Waals surface area contributed by atoms with Crippen LogP contribution in [0.1, 0.15) is 24.9 Å². The summed E-state index contributed by atoms with van der Waals surface area (Å²) >= 11 is 0. The van der Waals surface area contributed by atoms with Gasteiger partial charge in [0.15, 0.2) is 11.5 Å². The fourth-order valence-corrected chi connectivity index (χ4v) is 3.89. The first-order valence-corrected chi connectivity index (χ1v) is 10.5. The van der Waals surface area contributed by atoms with Gasteiger partial charge in [-0.3, -0.25) is 9.59 Å². The highest BCUT2D eigenvalue weighted by Crippen LogP contribution is 2.40. The van der Waals surface area contributed by atoms with Crippen molar-refractivity contribution in [2.75, 3.05) is 47.0 Å². The van der Waals surface area contributed by atoms with E-state index in [4.69, 9.17) is 23.7 Å². The van der Waals surface area contributed by atoms with Gasteiger partial charge in [0.25, 0.3) is 0 Å². The Labute approximate surface area is 193 Å². The van der Waals surface area contributed by atoms with E-state index in [-0.39, 0.29) is 30.8 Å². The zero-order valence-electron chi connectivity index (χ0n) is 19.8. The Hall–Kier alpha value is -3.62. The minimum absolute atomic E-state index is 0.114. The Bertz CT molecular complexity index is 999. The minimum Gasteiger partial charge on any atom is -0.497 e. The predicted octanol–water partition coefficient (Wildman–Crippen LogP) is 2.96. The van der Waals surface area contributed by atoms with Gasteiger partial charge in [0.1, 0.15) is 11.5 Å². The highest BCUT2D eigenvalue weighted by molar-refractivity contribution is 6.01. The zero-order valence-corrected chi connectivity index (χ0v) is 19.8. The third kappa shape index (κ3) is 4.92. The van der Waals surface area contributed by atoms with Crippen molar-refractivity contribution in [3.8, 4) is 28.7 Å². The third-order valence-electron chi connectivity index (χ3n) is 5.72. The molecule has 0 spiro atoms. The molecule has 0 radical (unpaired) electrons. The number of amides is 2. The first-order valence-electron chi connectivity index (χ1n) is 10.5. The van der Waals surface area contributed by atoms with Gasteiger partial charge in [-0.25, -0.2) is 0 Å². The van der Waals surface area contributed by atoms with Crippen molar-refractivity contribution < 1.29 is 33.3 Å². The highest BCUT2D eigenvalue weighted by Gasteiger charge is 2.37. The molecule has 2 aromatic carbocycles. The Balaban J connectivity index is 1.75. The summed E-state index contributed by atoms with van der Waals surface area (Å²) in [4.78, 5) is 27.3. The SMILES string of the molecule is COc1ccc(N2CC(C(=O)NC(C)c3cc(OC)c(OC)c(OC)c3)CC2=O)c(OC)c1. The lowest BCUT2D eigenvalue weighted by atomic mass is 10.0. The van der Waals surface area contributed by atoms with E-state index in [9.17, 15) is 9.59 Å². The maximum Gasteiger partial charge on any atom is 0.227 e. The standard InChI is InChI=1S/C24H30N2O7/c1-14(15-9-20(31-4)23(33-6)21(10-15)32-5)25-24(28)16-11-22(27)26(13-16)18-8-7-17(29-2)12-19(18)30-3/h7-10,12,14,16H,11,13H2,1-6H3,(H,25,28). The van der Waals surface area contributed by atoms with E-state index in [2.05, 4.69) is 5.32 Å². The Morgan fingerprint density at radius 3 is 2.12 bits per heavy atom. The number of anilines is 1. The minimum atomic E-state index is -0.492. The Morgan fingerprint density at radius 1 is 0.939 bits per heavy atom. The molecular weight excluding hydrogens is 428 g/mol. The number of carbonyl (C=O) groups is 2.